The zero-order chi connectivity index (χ0) is 19.2. The molecule has 1 aromatic rings. The van der Waals surface area contributed by atoms with Crippen molar-refractivity contribution in [3.05, 3.63) is 23.8 Å². The summed E-state index contributed by atoms with van der Waals surface area (Å²) >= 11 is 0. The molecule has 1 aromatic carbocycles. The number of nitrogens with one attached hydrogen (secondary N) is 1. The number of aryl methyl sites for hydroxylation is 1. The van der Waals surface area contributed by atoms with Gasteiger partial charge in [-0.05, 0) is 44.9 Å². The van der Waals surface area contributed by atoms with Gasteiger partial charge in [0.15, 0.2) is 0 Å². The molecule has 6 nitrogen and oxygen atoms in total. The lowest BCUT2D eigenvalue weighted by molar-refractivity contribution is -0.189. The summed E-state index contributed by atoms with van der Waals surface area (Å²) < 4.78 is 62.4. The molecule has 25 heavy (non-hydrogen) atoms. The lowest BCUT2D eigenvalue weighted by Gasteiger charge is -2.36. The molecular weight excluding hydrogens is 359 g/mol. The highest BCUT2D eigenvalue weighted by atomic mass is 32.2. The first-order valence-corrected chi connectivity index (χ1v) is 9.08. The number of nitrogens with zero attached hydrogens (tertiary/aromatic N) is 1. The number of halogens is 3. The van der Waals surface area contributed by atoms with Crippen LogP contribution in [0.5, 0.6) is 0 Å². The van der Waals surface area contributed by atoms with Crippen molar-refractivity contribution in [1.82, 2.24) is 4.90 Å². The number of alkyl halides is 3. The second kappa shape index (κ2) is 6.17. The van der Waals surface area contributed by atoms with E-state index in [4.69, 9.17) is 5.14 Å². The van der Waals surface area contributed by atoms with E-state index in [9.17, 15) is 26.4 Å². The van der Waals surface area contributed by atoms with Crippen LogP contribution in [0.3, 0.4) is 0 Å². The Balaban J connectivity index is 2.24. The maximum absolute atomic E-state index is 13.1. The molecular formula is C15H20F3N3O3S. The third kappa shape index (κ3) is 3.90. The molecule has 3 N–H and O–H groups in total. The smallest absolute Gasteiger partial charge is 0.319 e. The van der Waals surface area contributed by atoms with Gasteiger partial charge in [-0.2, -0.15) is 13.2 Å². The quantitative estimate of drug-likeness (QED) is 0.828. The van der Waals surface area contributed by atoms with E-state index in [0.29, 0.717) is 5.56 Å². The summed E-state index contributed by atoms with van der Waals surface area (Å²) in [6, 6.07) is 3.39. The molecule has 1 heterocycles. The van der Waals surface area contributed by atoms with Gasteiger partial charge in [0.1, 0.15) is 0 Å². The van der Waals surface area contributed by atoms with Gasteiger partial charge in [-0.15, -0.1) is 0 Å². The summed E-state index contributed by atoms with van der Waals surface area (Å²) in [5.41, 5.74) is -0.861. The molecule has 0 radical (unpaired) electrons. The van der Waals surface area contributed by atoms with Gasteiger partial charge in [-0.25, -0.2) is 18.4 Å². The Morgan fingerprint density at radius 1 is 1.36 bits per heavy atom. The van der Waals surface area contributed by atoms with Crippen LogP contribution in [0.1, 0.15) is 25.8 Å². The Kier molecular flexibility index (Phi) is 4.81. The van der Waals surface area contributed by atoms with Crippen molar-refractivity contribution in [2.24, 2.45) is 11.1 Å². The predicted octanol–water partition coefficient (Wildman–Crippen LogP) is 2.84. The molecule has 0 saturated carbocycles. The Morgan fingerprint density at radius 2 is 1.96 bits per heavy atom. The summed E-state index contributed by atoms with van der Waals surface area (Å²) in [5.74, 6) is -1.62. The molecule has 0 aliphatic carbocycles. The van der Waals surface area contributed by atoms with Crippen LogP contribution in [-0.4, -0.2) is 37.6 Å². The standard InChI is InChI=1S/C15H20F3N3O3S/c1-9-4-5-10(8-11(9)25(19,23)24)20-13(22)21-7-6-12(14(21,2)3)15(16,17)18/h4-5,8,12H,6-7H2,1-3H3,(H,20,22)(H2,19,23,24)/t12-/m0/s1. The van der Waals surface area contributed by atoms with Gasteiger partial charge in [-0.1, -0.05) is 6.07 Å². The fourth-order valence-electron chi connectivity index (χ4n) is 3.19. The van der Waals surface area contributed by atoms with Crippen molar-refractivity contribution in [2.75, 3.05) is 11.9 Å². The predicted molar refractivity (Wildman–Crippen MR) is 86.5 cm³/mol. The van der Waals surface area contributed by atoms with Gasteiger partial charge in [0.2, 0.25) is 10.0 Å². The van der Waals surface area contributed by atoms with Gasteiger partial charge in [0.05, 0.1) is 16.4 Å². The van der Waals surface area contributed by atoms with Crippen molar-refractivity contribution in [3.63, 3.8) is 0 Å². The van der Waals surface area contributed by atoms with Crippen molar-refractivity contribution in [3.8, 4) is 0 Å². The van der Waals surface area contributed by atoms with Crippen LogP contribution in [0.15, 0.2) is 23.1 Å². The minimum absolute atomic E-state index is 0.0447. The van der Waals surface area contributed by atoms with Crippen LogP contribution in [0, 0.1) is 12.8 Å². The minimum atomic E-state index is -4.40. The van der Waals surface area contributed by atoms with Gasteiger partial charge in [0, 0.05) is 12.2 Å². The van der Waals surface area contributed by atoms with Gasteiger partial charge in [-0.3, -0.25) is 0 Å². The number of rotatable bonds is 2. The number of hydrogen-bond acceptors (Lipinski definition) is 3. The summed E-state index contributed by atoms with van der Waals surface area (Å²) in [6.07, 6.45) is -4.58. The van der Waals surface area contributed by atoms with Gasteiger partial charge >= 0.3 is 12.2 Å². The number of urea groups is 1. The summed E-state index contributed by atoms with van der Waals surface area (Å²) in [4.78, 5) is 13.4. The number of carbonyl (C=O) groups is 1. The zero-order valence-corrected chi connectivity index (χ0v) is 14.8. The molecule has 0 bridgehead atoms. The summed E-state index contributed by atoms with van der Waals surface area (Å²) in [5, 5.41) is 7.56. The number of anilines is 1. The number of sulfonamides is 1. The third-order valence-corrected chi connectivity index (χ3v) is 5.63. The highest BCUT2D eigenvalue weighted by Gasteiger charge is 2.56. The highest BCUT2D eigenvalue weighted by molar-refractivity contribution is 7.89. The normalized spacial score (nSPS) is 20.6. The molecule has 1 fully saturated rings. The van der Waals surface area contributed by atoms with E-state index in [1.54, 1.807) is 6.92 Å². The summed E-state index contributed by atoms with van der Waals surface area (Å²) in [6.45, 7) is 4.23. The van der Waals surface area contributed by atoms with Crippen LogP contribution in [0.4, 0.5) is 23.7 Å². The molecule has 0 unspecified atom stereocenters. The molecule has 10 heteroatoms. The van der Waals surface area contributed by atoms with E-state index in [1.165, 1.54) is 32.0 Å². The van der Waals surface area contributed by atoms with Crippen molar-refractivity contribution in [2.45, 2.75) is 43.8 Å². The molecule has 0 spiro atoms. The highest BCUT2D eigenvalue weighted by Crippen LogP contribution is 2.44. The van der Waals surface area contributed by atoms with Crippen LogP contribution in [-0.2, 0) is 10.0 Å². The van der Waals surface area contributed by atoms with Gasteiger partial charge < -0.3 is 10.2 Å². The van der Waals surface area contributed by atoms with Gasteiger partial charge in [0.25, 0.3) is 0 Å². The lowest BCUT2D eigenvalue weighted by atomic mass is 9.88. The fraction of sp³-hybridized carbons (Fsp3) is 0.533. The van der Waals surface area contributed by atoms with Crippen molar-refractivity contribution in [1.29, 1.82) is 0 Å². The molecule has 1 saturated heterocycles. The molecule has 2 amide bonds. The number of carbonyl (C=O) groups excluding carboxylic acids is 1. The van der Waals surface area contributed by atoms with E-state index in [1.807, 2.05) is 0 Å². The van der Waals surface area contributed by atoms with Crippen molar-refractivity contribution < 1.29 is 26.4 Å². The third-order valence-electron chi connectivity index (χ3n) is 4.58. The average Bonchev–Trinajstić information content (AvgIpc) is 2.74. The van der Waals surface area contributed by atoms with E-state index in [0.717, 1.165) is 4.90 Å². The first-order chi connectivity index (χ1) is 11.2. The molecule has 1 aliphatic rings. The van der Waals surface area contributed by atoms with Crippen molar-refractivity contribution >= 4 is 21.7 Å². The van der Waals surface area contributed by atoms with Crippen LogP contribution < -0.4 is 10.5 Å². The number of likely N-dealkylation sites (tertiary alicyclic amines) is 1. The maximum atomic E-state index is 13.1. The lowest BCUT2D eigenvalue weighted by Crippen LogP contribution is -2.51. The summed E-state index contributed by atoms with van der Waals surface area (Å²) in [7, 11) is -3.98. The molecule has 1 atom stereocenters. The number of benzene rings is 1. The molecule has 2 rings (SSSR count). The van der Waals surface area contributed by atoms with E-state index < -0.39 is 33.7 Å². The Hall–Kier alpha value is -1.81. The monoisotopic (exact) mass is 379 g/mol. The first-order valence-electron chi connectivity index (χ1n) is 7.53. The molecule has 0 aromatic heterocycles. The maximum Gasteiger partial charge on any atom is 0.394 e. The van der Waals surface area contributed by atoms with Crippen LogP contribution >= 0.6 is 0 Å². The fourth-order valence-corrected chi connectivity index (χ4v) is 4.00. The largest absolute Gasteiger partial charge is 0.394 e. The van der Waals surface area contributed by atoms with E-state index >= 15 is 0 Å². The second-order valence-electron chi connectivity index (χ2n) is 6.64. The number of primary sulfonamides is 1. The number of amides is 2. The van der Waals surface area contributed by atoms with E-state index in [2.05, 4.69) is 5.32 Å². The second-order valence-corrected chi connectivity index (χ2v) is 8.17. The molecule has 1 aliphatic heterocycles. The van der Waals surface area contributed by atoms with Crippen LogP contribution in [0.25, 0.3) is 0 Å². The van der Waals surface area contributed by atoms with E-state index in [-0.39, 0.29) is 23.5 Å². The average molecular weight is 379 g/mol. The Morgan fingerprint density at radius 3 is 2.44 bits per heavy atom. The minimum Gasteiger partial charge on any atom is -0.319 e. The zero-order valence-electron chi connectivity index (χ0n) is 14.0. The first kappa shape index (κ1) is 19.5. The number of hydrogen-bond donors (Lipinski definition) is 2. The topological polar surface area (TPSA) is 92.5 Å². The Labute approximate surface area is 144 Å². The SMILES string of the molecule is Cc1ccc(NC(=O)N2CC[C@H](C(F)(F)F)C2(C)C)cc1S(N)(=O)=O. The number of nitrogens with two attached hydrogens (primary N) is 1. The molecule has 140 valence electrons. The van der Waals surface area contributed by atoms with Crippen LogP contribution in [0.2, 0.25) is 0 Å². The Bertz CT molecular complexity index is 791.